The zero-order chi connectivity index (χ0) is 61.7. The zero-order valence-corrected chi connectivity index (χ0v) is 44.4. The third-order valence-corrected chi connectivity index (χ3v) is 15.0. The van der Waals surface area contributed by atoms with Crippen molar-refractivity contribution in [1.82, 2.24) is 39.9 Å². The Morgan fingerprint density at radius 2 is 0.477 bits per heavy atom. The molecule has 8 aromatic carbocycles. The Kier molecular flexibility index (Phi) is 12.5. The van der Waals surface area contributed by atoms with Crippen LogP contribution in [0.1, 0.15) is 82.9 Å². The van der Waals surface area contributed by atoms with E-state index in [1.165, 1.54) is 0 Å². The average molecular weight is 1170 g/mol. The maximum absolute atomic E-state index is 13.9. The molecule has 0 spiro atoms. The Bertz CT molecular complexity index is 5220. The predicted octanol–water partition coefficient (Wildman–Crippen LogP) is 11.1. The third-order valence-electron chi connectivity index (χ3n) is 15.0. The molecule has 0 radical (unpaired) electrons. The monoisotopic (exact) mass is 1170 g/mol. The van der Waals surface area contributed by atoms with E-state index < -0.39 is 137 Å². The van der Waals surface area contributed by atoms with Crippen molar-refractivity contribution in [3.8, 4) is 90.1 Å². The smallest absolute Gasteiger partial charge is 0.337 e. The molecule has 5 heterocycles. The molecule has 3 aromatic heterocycles. The van der Waals surface area contributed by atoms with Gasteiger partial charge in [-0.25, -0.2) is 68.3 Å². The molecule has 10 N–H and O–H groups in total. The van der Waals surface area contributed by atoms with E-state index in [1.54, 1.807) is 42.5 Å². The van der Waals surface area contributed by atoms with Gasteiger partial charge in [-0.2, -0.15) is 0 Å². The van der Waals surface area contributed by atoms with Crippen LogP contribution < -0.4 is 0 Å². The summed E-state index contributed by atoms with van der Waals surface area (Å²) in [4.78, 5) is 143. The number of aromatic nitrogens is 8. The second-order valence-corrected chi connectivity index (χ2v) is 19.8. The van der Waals surface area contributed by atoms with E-state index in [0.717, 1.165) is 0 Å². The Hall–Kier alpha value is -13.1. The van der Waals surface area contributed by atoms with Gasteiger partial charge in [0.25, 0.3) is 0 Å². The summed E-state index contributed by atoms with van der Waals surface area (Å²) >= 11 is 0. The number of hydrogen-bond acceptors (Lipinski definition) is 14. The minimum absolute atomic E-state index is 0.00695. The molecule has 8 bridgehead atoms. The van der Waals surface area contributed by atoms with Crippen LogP contribution in [-0.4, -0.2) is 128 Å². The van der Waals surface area contributed by atoms with E-state index in [1.807, 2.05) is 103 Å². The number of carboxylic acids is 8. The van der Waals surface area contributed by atoms with Gasteiger partial charge in [-0.1, -0.05) is 146 Å². The number of benzene rings is 8. The van der Waals surface area contributed by atoms with E-state index in [9.17, 15) is 79.2 Å². The molecular weight excluding hydrogens is 1140 g/mol. The van der Waals surface area contributed by atoms with E-state index in [0.29, 0.717) is 55.5 Å². The Morgan fingerprint density at radius 3 is 0.773 bits per heavy atom. The van der Waals surface area contributed by atoms with Crippen molar-refractivity contribution < 1.29 is 79.2 Å². The van der Waals surface area contributed by atoms with Crippen LogP contribution in [0.4, 0.5) is 0 Å². The summed E-state index contributed by atoms with van der Waals surface area (Å²) in [7, 11) is 0. The number of hydrogen-bond donors (Lipinski definition) is 10. The molecule has 24 nitrogen and oxygen atoms in total. The highest BCUT2D eigenvalue weighted by atomic mass is 16.4. The van der Waals surface area contributed by atoms with Crippen LogP contribution in [0.15, 0.2) is 146 Å². The molecule has 0 fully saturated rings. The van der Waals surface area contributed by atoms with Gasteiger partial charge in [0.05, 0.1) is 44.5 Å². The Labute approximate surface area is 489 Å². The van der Waals surface area contributed by atoms with Gasteiger partial charge >= 0.3 is 47.8 Å². The summed E-state index contributed by atoms with van der Waals surface area (Å²) in [5.74, 6) is -19.9. The molecule has 24 heteroatoms. The first-order valence-corrected chi connectivity index (χ1v) is 26.1. The van der Waals surface area contributed by atoms with Crippen LogP contribution in [0.2, 0.25) is 0 Å². The average Bonchev–Trinajstić information content (AvgIpc) is 1.48. The van der Waals surface area contributed by atoms with Gasteiger partial charge in [0.15, 0.2) is 23.3 Å². The number of carboxylic acid groups (broad SMARTS) is 8. The molecular formula is C64H34N8O16. The summed E-state index contributed by atoms with van der Waals surface area (Å²) < 4.78 is 0. The van der Waals surface area contributed by atoms with Crippen molar-refractivity contribution in [2.24, 2.45) is 0 Å². The van der Waals surface area contributed by atoms with Gasteiger partial charge in [0, 0.05) is 54.9 Å². The van der Waals surface area contributed by atoms with Gasteiger partial charge in [-0.05, 0) is 33.4 Å². The fourth-order valence-corrected chi connectivity index (χ4v) is 11.8. The first-order chi connectivity index (χ1) is 42.4. The van der Waals surface area contributed by atoms with E-state index in [-0.39, 0.29) is 33.9 Å². The highest BCUT2D eigenvalue weighted by Gasteiger charge is 2.42. The molecule has 0 unspecified atom stereocenters. The number of nitrogens with zero attached hydrogens (tertiary/aromatic N) is 6. The van der Waals surface area contributed by atoms with Crippen LogP contribution in [0.5, 0.6) is 0 Å². The fraction of sp³-hybridized carbons (Fsp3) is 0. The lowest BCUT2D eigenvalue weighted by molar-refractivity contribution is 0.0620. The van der Waals surface area contributed by atoms with Gasteiger partial charge in [0.2, 0.25) is 0 Å². The largest absolute Gasteiger partial charge is 0.478 e. The topological polar surface area (TPSA) is 407 Å². The summed E-state index contributed by atoms with van der Waals surface area (Å²) in [5, 5.41) is 85.7. The third kappa shape index (κ3) is 8.23. The van der Waals surface area contributed by atoms with Crippen molar-refractivity contribution in [3.63, 3.8) is 0 Å². The normalized spacial score (nSPS) is 11.5. The number of aromatic carboxylic acids is 8. The molecule has 11 aromatic rings. The van der Waals surface area contributed by atoms with Crippen molar-refractivity contribution in [2.45, 2.75) is 0 Å². The van der Waals surface area contributed by atoms with Crippen molar-refractivity contribution in [2.75, 3.05) is 0 Å². The highest BCUT2D eigenvalue weighted by Crippen LogP contribution is 2.54. The molecule has 0 aliphatic carbocycles. The number of carbonyl (C=O) groups is 8. The van der Waals surface area contributed by atoms with Crippen molar-refractivity contribution in [1.29, 1.82) is 0 Å². The van der Waals surface area contributed by atoms with Crippen LogP contribution in [0, 0.1) is 0 Å². The number of rotatable bonds is 12. The zero-order valence-electron chi connectivity index (χ0n) is 44.4. The van der Waals surface area contributed by atoms with Gasteiger partial charge in [0.1, 0.15) is 22.6 Å². The number of nitrogens with one attached hydrogen (secondary N) is 2. The maximum atomic E-state index is 13.9. The lowest BCUT2D eigenvalue weighted by Crippen LogP contribution is -2.21. The van der Waals surface area contributed by atoms with E-state index in [4.69, 9.17) is 19.9 Å². The summed E-state index contributed by atoms with van der Waals surface area (Å²) in [5.41, 5.74) is -10.3. The summed E-state index contributed by atoms with van der Waals surface area (Å²) in [6.07, 6.45) is 0. The van der Waals surface area contributed by atoms with Gasteiger partial charge in [-0.15, -0.1) is 0 Å². The Balaban J connectivity index is 1.40. The highest BCUT2D eigenvalue weighted by molar-refractivity contribution is 6.30. The van der Waals surface area contributed by atoms with Gasteiger partial charge in [-0.3, -0.25) is 0 Å². The first-order valence-electron chi connectivity index (χ1n) is 26.1. The molecule has 2 aliphatic rings. The number of H-pyrrole nitrogens is 2. The molecule has 426 valence electrons. The van der Waals surface area contributed by atoms with E-state index in [2.05, 4.69) is 19.9 Å². The second kappa shape index (κ2) is 20.3. The molecule has 0 saturated heterocycles. The lowest BCUT2D eigenvalue weighted by Gasteiger charge is -2.23. The summed E-state index contributed by atoms with van der Waals surface area (Å²) in [6, 6.07) is 43.3. The SMILES string of the molecule is O=C(O)c1c(C(=O)O)c(C(=O)O)c2c(c1C(=O)O)-c1nc-2nc2[nH]c(nc3nc(nc4[nH]c(n1)c1c(C(=O)O)c(C(=O)O)c(C(=O)O)c(C(=O)O)c41)-c1ccccc1-3)c1c(-c3ccccc3)c(-c3ccccc3)c(-c3ccccc3)c(-c3ccccc3)c21. The maximum Gasteiger partial charge on any atom is 0.337 e. The molecule has 88 heavy (non-hydrogen) atoms. The van der Waals surface area contributed by atoms with Crippen molar-refractivity contribution in [3.05, 3.63) is 190 Å². The second-order valence-electron chi connectivity index (χ2n) is 19.8. The van der Waals surface area contributed by atoms with Gasteiger partial charge < -0.3 is 50.8 Å². The molecule has 2 aliphatic heterocycles. The van der Waals surface area contributed by atoms with Crippen LogP contribution >= 0.6 is 0 Å². The molecule has 0 saturated carbocycles. The molecule has 13 rings (SSSR count). The van der Waals surface area contributed by atoms with E-state index >= 15 is 0 Å². The van der Waals surface area contributed by atoms with Crippen LogP contribution in [-0.2, 0) is 0 Å². The minimum atomic E-state index is -2.26. The number of aromatic amines is 2. The van der Waals surface area contributed by atoms with Crippen molar-refractivity contribution >= 4 is 91.9 Å². The van der Waals surface area contributed by atoms with Crippen LogP contribution in [0.3, 0.4) is 0 Å². The lowest BCUT2D eigenvalue weighted by atomic mass is 9.80. The minimum Gasteiger partial charge on any atom is -0.478 e. The quantitative estimate of drug-likeness (QED) is 0.0543. The summed E-state index contributed by atoms with van der Waals surface area (Å²) in [6.45, 7) is 0. The molecule has 0 amide bonds. The molecule has 0 atom stereocenters. The fourth-order valence-electron chi connectivity index (χ4n) is 11.8. The standard InChI is InChI=1S/C64H34N8O16/c73-57(74)41-37-38(42(58(75)76)46(62(83)84)45(41)61(81)82)55-70-53(37)67-50-30-24-14-13-23-29(30)49(65-50)66-51-35-33(27-19-9-3-10-20-27)31(25-15-5-1-6-16-25)32(26-17-7-2-8-18-26)34(28-21-11-4-12-22-28)36(35)52(68-51)69-54-39-40(56(71-54)72-55)44(60(79)80)48(64(87)88)47(63(85)86)43(39)59(77)78/h1-24H,(H,73,74)(H,75,76)(H,77,78)(H,79,80)(H,81,82)(H,83,84)(H,85,86)(H,87,88)(H2,65,66,67,68,69,70,71,72). The number of fused-ring (bicyclic) bond motifs is 20. The first kappa shape index (κ1) is 54.1. The predicted molar refractivity (Wildman–Crippen MR) is 313 cm³/mol. The Morgan fingerprint density at radius 1 is 0.239 bits per heavy atom. The van der Waals surface area contributed by atoms with Crippen LogP contribution in [0.25, 0.3) is 134 Å².